The third-order valence-corrected chi connectivity index (χ3v) is 3.63. The van der Waals surface area contributed by atoms with Gasteiger partial charge in [-0.1, -0.05) is 46.3 Å². The van der Waals surface area contributed by atoms with Gasteiger partial charge in [0.05, 0.1) is 4.92 Å². The van der Waals surface area contributed by atoms with E-state index in [0.29, 0.717) is 12.1 Å². The zero-order chi connectivity index (χ0) is 14.5. The minimum absolute atomic E-state index is 0.118. The molecule has 4 nitrogen and oxygen atoms in total. The van der Waals surface area contributed by atoms with Crippen LogP contribution >= 0.6 is 15.9 Å². The quantitative estimate of drug-likeness (QED) is 0.658. The maximum absolute atomic E-state index is 11.0. The predicted molar refractivity (Wildman–Crippen MR) is 82.5 cm³/mol. The van der Waals surface area contributed by atoms with Gasteiger partial charge >= 0.3 is 0 Å². The van der Waals surface area contributed by atoms with Crippen LogP contribution in [0.2, 0.25) is 0 Å². The normalized spacial score (nSPS) is 12.1. The van der Waals surface area contributed by atoms with Crippen LogP contribution in [0.3, 0.4) is 0 Å². The lowest BCUT2D eigenvalue weighted by molar-refractivity contribution is -0.385. The van der Waals surface area contributed by atoms with Crippen LogP contribution in [0.25, 0.3) is 0 Å². The standard InChI is InChI=1S/C15H15BrN2O2/c1-11(12-6-4-7-14(16)9-12)17-10-13-5-2-3-8-15(13)18(19)20/h2-9,11,17H,10H2,1H3/t11-/m1/s1. The molecule has 0 aromatic heterocycles. The molecule has 0 aliphatic heterocycles. The summed E-state index contributed by atoms with van der Waals surface area (Å²) in [6, 6.07) is 14.9. The molecule has 0 aliphatic rings. The van der Waals surface area contributed by atoms with Gasteiger partial charge in [-0.3, -0.25) is 10.1 Å². The van der Waals surface area contributed by atoms with Crippen molar-refractivity contribution in [3.8, 4) is 0 Å². The van der Waals surface area contributed by atoms with E-state index in [9.17, 15) is 10.1 Å². The molecule has 2 rings (SSSR count). The number of nitro benzene ring substituents is 1. The molecule has 0 saturated carbocycles. The van der Waals surface area contributed by atoms with Crippen LogP contribution in [-0.4, -0.2) is 4.92 Å². The number of halogens is 1. The summed E-state index contributed by atoms with van der Waals surface area (Å²) in [5.74, 6) is 0. The van der Waals surface area contributed by atoms with Crippen molar-refractivity contribution in [3.63, 3.8) is 0 Å². The molecule has 0 saturated heterocycles. The Bertz CT molecular complexity index is 616. The number of nitrogens with zero attached hydrogens (tertiary/aromatic N) is 1. The molecule has 0 amide bonds. The molecule has 2 aromatic rings. The minimum atomic E-state index is -0.346. The summed E-state index contributed by atoms with van der Waals surface area (Å²) in [6.07, 6.45) is 0. The topological polar surface area (TPSA) is 55.2 Å². The molecule has 0 radical (unpaired) electrons. The van der Waals surface area contributed by atoms with Crippen molar-refractivity contribution in [1.29, 1.82) is 0 Å². The SMILES string of the molecule is C[C@@H](NCc1ccccc1[N+](=O)[O-])c1cccc(Br)c1. The van der Waals surface area contributed by atoms with Gasteiger partial charge in [-0.15, -0.1) is 0 Å². The van der Waals surface area contributed by atoms with Crippen LogP contribution in [0.4, 0.5) is 5.69 Å². The Hall–Kier alpha value is -1.72. The summed E-state index contributed by atoms with van der Waals surface area (Å²) in [7, 11) is 0. The zero-order valence-electron chi connectivity index (χ0n) is 11.0. The first-order valence-electron chi connectivity index (χ1n) is 6.29. The first-order valence-corrected chi connectivity index (χ1v) is 7.08. The lowest BCUT2D eigenvalue weighted by Crippen LogP contribution is -2.18. The summed E-state index contributed by atoms with van der Waals surface area (Å²) in [5.41, 5.74) is 1.98. The second kappa shape index (κ2) is 6.63. The van der Waals surface area contributed by atoms with Crippen molar-refractivity contribution in [1.82, 2.24) is 5.32 Å². The molecule has 104 valence electrons. The predicted octanol–water partition coefficient (Wildman–Crippen LogP) is 4.21. The minimum Gasteiger partial charge on any atom is -0.306 e. The number of benzene rings is 2. The van der Waals surface area contributed by atoms with E-state index >= 15 is 0 Å². The van der Waals surface area contributed by atoms with Crippen molar-refractivity contribution in [2.24, 2.45) is 0 Å². The number of nitro groups is 1. The van der Waals surface area contributed by atoms with Gasteiger partial charge in [0.25, 0.3) is 5.69 Å². The molecule has 0 bridgehead atoms. The number of hydrogen-bond acceptors (Lipinski definition) is 3. The fourth-order valence-corrected chi connectivity index (χ4v) is 2.41. The van der Waals surface area contributed by atoms with Gasteiger partial charge in [-0.2, -0.15) is 0 Å². The molecule has 1 atom stereocenters. The maximum Gasteiger partial charge on any atom is 0.273 e. The average Bonchev–Trinajstić information content (AvgIpc) is 2.45. The molecule has 2 aromatic carbocycles. The first-order chi connectivity index (χ1) is 9.58. The van der Waals surface area contributed by atoms with Gasteiger partial charge in [-0.25, -0.2) is 0 Å². The molecular weight excluding hydrogens is 320 g/mol. The molecule has 20 heavy (non-hydrogen) atoms. The summed E-state index contributed by atoms with van der Waals surface area (Å²) in [4.78, 5) is 10.6. The monoisotopic (exact) mass is 334 g/mol. The molecule has 0 aliphatic carbocycles. The fraction of sp³-hybridized carbons (Fsp3) is 0.200. The Morgan fingerprint density at radius 1 is 1.25 bits per heavy atom. The summed E-state index contributed by atoms with van der Waals surface area (Å²) in [6.45, 7) is 2.50. The highest BCUT2D eigenvalue weighted by Crippen LogP contribution is 2.21. The van der Waals surface area contributed by atoms with Gasteiger partial charge in [0.15, 0.2) is 0 Å². The highest BCUT2D eigenvalue weighted by atomic mass is 79.9. The van der Waals surface area contributed by atoms with E-state index in [4.69, 9.17) is 0 Å². The Balaban J connectivity index is 2.07. The van der Waals surface area contributed by atoms with E-state index in [2.05, 4.69) is 21.2 Å². The van der Waals surface area contributed by atoms with Crippen LogP contribution in [0.5, 0.6) is 0 Å². The van der Waals surface area contributed by atoms with Gasteiger partial charge in [-0.05, 0) is 24.6 Å². The van der Waals surface area contributed by atoms with Gasteiger partial charge in [0.1, 0.15) is 0 Å². The van der Waals surface area contributed by atoms with E-state index in [1.54, 1.807) is 12.1 Å². The van der Waals surface area contributed by atoms with Crippen LogP contribution in [0.1, 0.15) is 24.1 Å². The van der Waals surface area contributed by atoms with E-state index in [1.807, 2.05) is 37.3 Å². The summed E-state index contributed by atoms with van der Waals surface area (Å²) in [5, 5.41) is 14.3. The third kappa shape index (κ3) is 3.65. The van der Waals surface area contributed by atoms with E-state index in [1.165, 1.54) is 6.07 Å². The van der Waals surface area contributed by atoms with Crippen LogP contribution in [0, 0.1) is 10.1 Å². The second-order valence-corrected chi connectivity index (χ2v) is 5.46. The van der Waals surface area contributed by atoms with Crippen molar-refractivity contribution >= 4 is 21.6 Å². The van der Waals surface area contributed by atoms with Crippen molar-refractivity contribution in [2.75, 3.05) is 0 Å². The van der Waals surface area contributed by atoms with Gasteiger partial charge < -0.3 is 5.32 Å². The molecule has 0 unspecified atom stereocenters. The molecule has 1 N–H and O–H groups in total. The zero-order valence-corrected chi connectivity index (χ0v) is 12.6. The van der Waals surface area contributed by atoms with Crippen molar-refractivity contribution in [2.45, 2.75) is 19.5 Å². The summed E-state index contributed by atoms with van der Waals surface area (Å²) >= 11 is 3.44. The number of hydrogen-bond donors (Lipinski definition) is 1. The summed E-state index contributed by atoms with van der Waals surface area (Å²) < 4.78 is 1.02. The largest absolute Gasteiger partial charge is 0.306 e. The van der Waals surface area contributed by atoms with Crippen LogP contribution in [0.15, 0.2) is 53.0 Å². The maximum atomic E-state index is 11.0. The molecular formula is C15H15BrN2O2. The molecule has 5 heteroatoms. The Morgan fingerprint density at radius 3 is 2.70 bits per heavy atom. The van der Waals surface area contributed by atoms with Crippen LogP contribution < -0.4 is 5.32 Å². The average molecular weight is 335 g/mol. The van der Waals surface area contributed by atoms with E-state index in [-0.39, 0.29) is 16.7 Å². The highest BCUT2D eigenvalue weighted by Gasteiger charge is 2.13. The lowest BCUT2D eigenvalue weighted by atomic mass is 10.1. The number of para-hydroxylation sites is 1. The Kier molecular flexibility index (Phi) is 4.87. The first kappa shape index (κ1) is 14.7. The Morgan fingerprint density at radius 2 is 2.00 bits per heavy atom. The van der Waals surface area contributed by atoms with E-state index in [0.717, 1.165) is 10.0 Å². The van der Waals surface area contributed by atoms with Crippen molar-refractivity contribution < 1.29 is 4.92 Å². The number of nitrogens with one attached hydrogen (secondary N) is 1. The fourth-order valence-electron chi connectivity index (χ4n) is 2.00. The molecule has 0 fully saturated rings. The van der Waals surface area contributed by atoms with Crippen LogP contribution in [-0.2, 0) is 6.54 Å². The van der Waals surface area contributed by atoms with E-state index < -0.39 is 0 Å². The molecule has 0 heterocycles. The lowest BCUT2D eigenvalue weighted by Gasteiger charge is -2.14. The number of rotatable bonds is 5. The third-order valence-electron chi connectivity index (χ3n) is 3.14. The Labute approximate surface area is 126 Å². The molecule has 0 spiro atoms. The van der Waals surface area contributed by atoms with Gasteiger partial charge in [0, 0.05) is 28.7 Å². The van der Waals surface area contributed by atoms with Gasteiger partial charge in [0.2, 0.25) is 0 Å². The van der Waals surface area contributed by atoms with Crippen molar-refractivity contribution in [3.05, 3.63) is 74.2 Å². The smallest absolute Gasteiger partial charge is 0.273 e. The second-order valence-electron chi connectivity index (χ2n) is 4.54. The highest BCUT2D eigenvalue weighted by molar-refractivity contribution is 9.10.